The van der Waals surface area contributed by atoms with E-state index in [1.807, 2.05) is 0 Å². The largest absolute Gasteiger partial charge is 0.508 e. The van der Waals surface area contributed by atoms with Crippen LogP contribution in [-0.4, -0.2) is 10.2 Å². The van der Waals surface area contributed by atoms with Crippen LogP contribution in [0.3, 0.4) is 0 Å². The van der Waals surface area contributed by atoms with Gasteiger partial charge >= 0.3 is 5.20 Å². The summed E-state index contributed by atoms with van der Waals surface area (Å²) in [7, 11) is 0. The van der Waals surface area contributed by atoms with Crippen molar-refractivity contribution in [3.63, 3.8) is 0 Å². The standard InChI is InChI=1S/C6H6O2.Cl3OP.Cl2O/c7-5-2-1-3-6(8)4-5;1-5(2,3)4;1-3-2/h1-4,7-8H;;. The van der Waals surface area contributed by atoms with Crippen LogP contribution in [0.5, 0.6) is 11.5 Å². The van der Waals surface area contributed by atoms with E-state index < -0.39 is 5.20 Å². The van der Waals surface area contributed by atoms with Crippen LogP contribution in [0, 0.1) is 0 Å². The van der Waals surface area contributed by atoms with Crippen LogP contribution in [0.4, 0.5) is 0 Å². The molecule has 0 saturated heterocycles. The number of hydrogen-bond acceptors (Lipinski definition) is 4. The first-order valence-electron chi connectivity index (χ1n) is 3.27. The quantitative estimate of drug-likeness (QED) is 0.630. The fourth-order valence-corrected chi connectivity index (χ4v) is 0.493. The summed E-state index contributed by atoms with van der Waals surface area (Å²) in [6.07, 6.45) is 0. The fourth-order valence-electron chi connectivity index (χ4n) is 0.493. The zero-order chi connectivity index (χ0) is 13.2. The van der Waals surface area contributed by atoms with Gasteiger partial charge in [0.2, 0.25) is 0 Å². The summed E-state index contributed by atoms with van der Waals surface area (Å²) in [5.41, 5.74) is 0. The molecule has 1 aromatic rings. The van der Waals surface area contributed by atoms with E-state index in [-0.39, 0.29) is 11.5 Å². The van der Waals surface area contributed by atoms with Crippen molar-refractivity contribution in [2.45, 2.75) is 0 Å². The van der Waals surface area contributed by atoms with E-state index in [1.54, 1.807) is 6.07 Å². The van der Waals surface area contributed by atoms with Crippen molar-refractivity contribution in [2.75, 3.05) is 0 Å². The molecule has 0 aliphatic carbocycles. The minimum atomic E-state index is -3.22. The lowest BCUT2D eigenvalue weighted by Crippen LogP contribution is -1.61. The third-order valence-corrected chi connectivity index (χ3v) is 0.830. The molecule has 0 amide bonds. The van der Waals surface area contributed by atoms with E-state index in [9.17, 15) is 4.57 Å². The average Bonchev–Trinajstić information content (AvgIpc) is 2.01. The molecule has 0 aliphatic heterocycles. The first-order valence-corrected chi connectivity index (χ1v) is 8.31. The molecule has 0 spiro atoms. The van der Waals surface area contributed by atoms with Gasteiger partial charge in [0, 0.05) is 6.07 Å². The lowest BCUT2D eigenvalue weighted by atomic mass is 10.3. The number of benzene rings is 1. The van der Waals surface area contributed by atoms with Gasteiger partial charge in [0.05, 0.1) is 23.7 Å². The van der Waals surface area contributed by atoms with Gasteiger partial charge in [-0.3, -0.25) is 4.57 Å². The summed E-state index contributed by atoms with van der Waals surface area (Å²) < 4.78 is 12.7. The van der Waals surface area contributed by atoms with Gasteiger partial charge in [0.15, 0.2) is 0 Å². The van der Waals surface area contributed by atoms with Gasteiger partial charge in [-0.05, 0) is 45.9 Å². The molecule has 94 valence electrons. The molecule has 10 heteroatoms. The molecular formula is C6H6Cl5O4P. The molecule has 1 aromatic carbocycles. The molecule has 0 unspecified atom stereocenters. The Kier molecular flexibility index (Phi) is 12.5. The normalized spacial score (nSPS) is 9.31. The summed E-state index contributed by atoms with van der Waals surface area (Å²) in [4.78, 5) is 0. The number of hydrogen-bond donors (Lipinski definition) is 2. The molecule has 2 N–H and O–H groups in total. The fraction of sp³-hybridized carbons (Fsp3) is 0. The Labute approximate surface area is 117 Å². The SMILES string of the molecule is ClOCl.O=P(Cl)(Cl)Cl.Oc1cccc(O)c1. The topological polar surface area (TPSA) is 66.8 Å². The second-order valence-electron chi connectivity index (χ2n) is 1.98. The predicted octanol–water partition coefficient (Wildman–Crippen LogP) is 5.22. The molecule has 0 heterocycles. The number of phenols is 2. The van der Waals surface area contributed by atoms with E-state index >= 15 is 0 Å². The summed E-state index contributed by atoms with van der Waals surface area (Å²) >= 11 is 22.4. The maximum Gasteiger partial charge on any atom is 0.339 e. The Morgan fingerprint density at radius 1 is 1.06 bits per heavy atom. The van der Waals surface area contributed by atoms with E-state index in [4.69, 9.17) is 10.2 Å². The van der Waals surface area contributed by atoms with Crippen LogP contribution in [0.25, 0.3) is 0 Å². The molecule has 0 fully saturated rings. The number of aromatic hydroxyl groups is 2. The van der Waals surface area contributed by atoms with Crippen LogP contribution in [0.2, 0.25) is 0 Å². The summed E-state index contributed by atoms with van der Waals surface area (Å²) in [6, 6.07) is 5.85. The van der Waals surface area contributed by atoms with Crippen molar-refractivity contribution in [3.8, 4) is 11.5 Å². The van der Waals surface area contributed by atoms with Crippen molar-refractivity contribution in [2.24, 2.45) is 0 Å². The van der Waals surface area contributed by atoms with Crippen LogP contribution in [-0.2, 0) is 8.41 Å². The molecule has 4 nitrogen and oxygen atoms in total. The number of halogens is 5. The van der Waals surface area contributed by atoms with E-state index in [0.717, 1.165) is 0 Å². The predicted molar refractivity (Wildman–Crippen MR) is 67.7 cm³/mol. The third-order valence-electron chi connectivity index (χ3n) is 0.830. The molecule has 0 saturated carbocycles. The van der Waals surface area contributed by atoms with Crippen molar-refractivity contribution >= 4 is 62.7 Å². The molecule has 1 rings (SSSR count). The maximum atomic E-state index is 9.51. The summed E-state index contributed by atoms with van der Waals surface area (Å²) in [5, 5.41) is 14.1. The van der Waals surface area contributed by atoms with Gasteiger partial charge < -0.3 is 10.2 Å². The molecule has 0 aromatic heterocycles. The van der Waals surface area contributed by atoms with Crippen LogP contribution in [0.1, 0.15) is 0 Å². The highest BCUT2D eigenvalue weighted by Crippen LogP contribution is 2.61. The van der Waals surface area contributed by atoms with Crippen LogP contribution >= 0.6 is 62.7 Å². The Morgan fingerprint density at radius 2 is 1.31 bits per heavy atom. The first-order chi connectivity index (χ1) is 7.20. The smallest absolute Gasteiger partial charge is 0.339 e. The molecular weight excluding hydrogens is 344 g/mol. The van der Waals surface area contributed by atoms with E-state index in [0.29, 0.717) is 0 Å². The van der Waals surface area contributed by atoms with Crippen molar-refractivity contribution in [1.29, 1.82) is 0 Å². The highest BCUT2D eigenvalue weighted by molar-refractivity contribution is 8.24. The van der Waals surface area contributed by atoms with Gasteiger partial charge in [-0.15, -0.1) is 0 Å². The zero-order valence-electron chi connectivity index (χ0n) is 7.36. The minimum absolute atomic E-state index is 0.0880. The minimum Gasteiger partial charge on any atom is -0.508 e. The molecule has 0 bridgehead atoms. The van der Waals surface area contributed by atoms with Crippen LogP contribution < -0.4 is 0 Å². The van der Waals surface area contributed by atoms with Crippen molar-refractivity contribution in [3.05, 3.63) is 24.3 Å². The van der Waals surface area contributed by atoms with Gasteiger partial charge in [-0.2, -0.15) is 3.84 Å². The second-order valence-corrected chi connectivity index (χ2v) is 9.08. The van der Waals surface area contributed by atoms with Gasteiger partial charge in [-0.1, -0.05) is 6.07 Å². The third kappa shape index (κ3) is 23.9. The number of phenolic OH excluding ortho intramolecular Hbond substituents is 2. The molecule has 0 atom stereocenters. The van der Waals surface area contributed by atoms with Gasteiger partial charge in [-0.25, -0.2) is 0 Å². The molecule has 16 heavy (non-hydrogen) atoms. The van der Waals surface area contributed by atoms with Gasteiger partial charge in [0.25, 0.3) is 0 Å². The lowest BCUT2D eigenvalue weighted by Gasteiger charge is -1.89. The van der Waals surface area contributed by atoms with E-state index in [1.165, 1.54) is 18.2 Å². The van der Waals surface area contributed by atoms with Crippen molar-refractivity contribution in [1.82, 2.24) is 0 Å². The molecule has 0 radical (unpaired) electrons. The summed E-state index contributed by atoms with van der Waals surface area (Å²) in [5.74, 6) is 0.176. The van der Waals surface area contributed by atoms with Crippen molar-refractivity contribution < 1.29 is 18.6 Å². The highest BCUT2D eigenvalue weighted by atomic mass is 36.0. The summed E-state index contributed by atoms with van der Waals surface area (Å²) in [6.45, 7) is 0. The monoisotopic (exact) mass is 348 g/mol. The first kappa shape index (κ1) is 18.8. The van der Waals surface area contributed by atoms with Gasteiger partial charge in [0.1, 0.15) is 11.5 Å². The van der Waals surface area contributed by atoms with E-state index in [2.05, 4.69) is 61.3 Å². The zero-order valence-corrected chi connectivity index (χ0v) is 12.0. The lowest BCUT2D eigenvalue weighted by molar-refractivity contribution is 0.450. The highest BCUT2D eigenvalue weighted by Gasteiger charge is 2.02. The Morgan fingerprint density at radius 3 is 1.44 bits per heavy atom. The Balaban J connectivity index is 0. The van der Waals surface area contributed by atoms with Crippen LogP contribution in [0.15, 0.2) is 24.3 Å². The Bertz CT molecular complexity index is 305. The maximum absolute atomic E-state index is 9.51. The molecule has 0 aliphatic rings. The average molecular weight is 350 g/mol. The Hall–Kier alpha value is 0.460. The second kappa shape index (κ2) is 10.6. The number of rotatable bonds is 0.